The number of halogens is 1. The van der Waals surface area contributed by atoms with Crippen LogP contribution in [-0.2, 0) is 20.9 Å². The van der Waals surface area contributed by atoms with Crippen LogP contribution in [0.1, 0.15) is 82.8 Å². The lowest BCUT2D eigenvalue weighted by molar-refractivity contribution is -0.256. The predicted octanol–water partition coefficient (Wildman–Crippen LogP) is 11.3. The topological polar surface area (TPSA) is 119 Å². The maximum atomic E-state index is 14.8. The second kappa shape index (κ2) is 22.8. The first-order valence-electron chi connectivity index (χ1n) is 23.1. The minimum absolute atomic E-state index is 0.0176. The molecule has 0 radical (unpaired) electrons. The van der Waals surface area contributed by atoms with Crippen molar-refractivity contribution < 1.29 is 38.8 Å². The van der Waals surface area contributed by atoms with Gasteiger partial charge in [-0.3, -0.25) is 4.90 Å². The Balaban J connectivity index is 1.42. The van der Waals surface area contributed by atoms with Crippen LogP contribution in [-0.4, -0.2) is 89.0 Å². The third-order valence-electron chi connectivity index (χ3n) is 12.6. The number of nitrogens with zero attached hydrogens (tertiary/aromatic N) is 2. The number of hydrogen-bond donors (Lipinski definition) is 2. The van der Waals surface area contributed by atoms with Crippen molar-refractivity contribution in [1.82, 2.24) is 4.90 Å². The molecular formula is C53H65ClN2O8S. The Hall–Kier alpha value is -4.52. The van der Waals surface area contributed by atoms with Crippen LogP contribution in [0.3, 0.4) is 0 Å². The van der Waals surface area contributed by atoms with Gasteiger partial charge in [0.15, 0.2) is 0 Å². The van der Waals surface area contributed by atoms with Crippen LogP contribution in [0.4, 0.5) is 4.79 Å². The zero-order chi connectivity index (χ0) is 45.8. The fourth-order valence-corrected chi connectivity index (χ4v) is 10.7. The molecule has 2 aliphatic carbocycles. The number of thioether (sulfide) groups is 1. The summed E-state index contributed by atoms with van der Waals surface area (Å²) in [7, 11) is 0. The molecule has 6 atom stereocenters. The van der Waals surface area contributed by atoms with Gasteiger partial charge in [-0.05, 0) is 111 Å². The molecule has 7 rings (SSSR count). The molecule has 0 aromatic heterocycles. The molecule has 4 aromatic carbocycles. The summed E-state index contributed by atoms with van der Waals surface area (Å²) in [6.45, 7) is 11.0. The van der Waals surface area contributed by atoms with Gasteiger partial charge in [-0.1, -0.05) is 90.8 Å². The Kier molecular flexibility index (Phi) is 17.0. The van der Waals surface area contributed by atoms with E-state index >= 15 is 0 Å². The second-order valence-corrected chi connectivity index (χ2v) is 19.6. The molecule has 12 heteroatoms. The summed E-state index contributed by atoms with van der Waals surface area (Å²) in [5.41, 5.74) is 2.99. The summed E-state index contributed by atoms with van der Waals surface area (Å²) in [6, 6.07) is 29.9. The summed E-state index contributed by atoms with van der Waals surface area (Å²) in [6.07, 6.45) is 8.42. The van der Waals surface area contributed by atoms with Crippen molar-refractivity contribution in [3.63, 3.8) is 0 Å². The quantitative estimate of drug-likeness (QED) is 0.0261. The lowest BCUT2D eigenvalue weighted by atomic mass is 9.55. The van der Waals surface area contributed by atoms with Gasteiger partial charge in [0.2, 0.25) is 5.79 Å². The van der Waals surface area contributed by atoms with E-state index in [4.69, 9.17) is 40.5 Å². The maximum Gasteiger partial charge on any atom is 0.410 e. The highest BCUT2D eigenvalue weighted by Crippen LogP contribution is 2.62. The van der Waals surface area contributed by atoms with E-state index in [1.807, 2.05) is 75.4 Å². The Morgan fingerprint density at radius 1 is 0.969 bits per heavy atom. The number of ether oxygens (including phenoxy) is 4. The first kappa shape index (κ1) is 48.4. The number of unbranched alkanes of at least 4 members (excludes halogenated alkanes) is 2. The number of carbonyl (C=O) groups excluding carboxylic acids is 1. The number of oxime groups is 1. The number of hydrogen-bond acceptors (Lipinski definition) is 10. The molecule has 0 saturated heterocycles. The molecule has 10 nitrogen and oxygen atoms in total. The van der Waals surface area contributed by atoms with Crippen LogP contribution in [0.25, 0.3) is 10.8 Å². The molecule has 1 heterocycles. The number of allylic oxidation sites excluding steroid dienone is 1. The third-order valence-corrected chi connectivity index (χ3v) is 13.7. The molecule has 4 aromatic rings. The van der Waals surface area contributed by atoms with Crippen LogP contribution >= 0.6 is 23.4 Å². The second-order valence-electron chi connectivity index (χ2n) is 18.1. The highest BCUT2D eigenvalue weighted by atomic mass is 35.5. The van der Waals surface area contributed by atoms with Crippen LogP contribution in [0, 0.1) is 17.8 Å². The van der Waals surface area contributed by atoms with E-state index in [9.17, 15) is 15.0 Å². The summed E-state index contributed by atoms with van der Waals surface area (Å²) in [4.78, 5) is 24.1. The number of amides is 1. The number of aliphatic hydroxyl groups excluding tert-OH is 2. The minimum Gasteiger partial charge on any atom is -0.493 e. The van der Waals surface area contributed by atoms with Gasteiger partial charge in [-0.2, -0.15) is 0 Å². The van der Waals surface area contributed by atoms with Crippen molar-refractivity contribution in [2.75, 3.05) is 44.7 Å². The Morgan fingerprint density at radius 3 is 2.48 bits per heavy atom. The largest absolute Gasteiger partial charge is 0.493 e. The first-order valence-corrected chi connectivity index (χ1v) is 24.7. The summed E-state index contributed by atoms with van der Waals surface area (Å²) < 4.78 is 27.1. The van der Waals surface area contributed by atoms with E-state index in [2.05, 4.69) is 49.1 Å². The van der Waals surface area contributed by atoms with Gasteiger partial charge in [0.1, 0.15) is 29.7 Å². The smallest absolute Gasteiger partial charge is 0.410 e. The maximum absolute atomic E-state index is 14.8. The number of aliphatic hydroxyl groups is 2. The molecule has 1 fully saturated rings. The highest BCUT2D eigenvalue weighted by molar-refractivity contribution is 7.99. The van der Waals surface area contributed by atoms with Gasteiger partial charge in [-0.25, -0.2) is 4.79 Å². The van der Waals surface area contributed by atoms with Crippen LogP contribution in [0.5, 0.6) is 11.5 Å². The third kappa shape index (κ3) is 11.5. The number of rotatable bonds is 22. The zero-order valence-corrected chi connectivity index (χ0v) is 39.6. The van der Waals surface area contributed by atoms with E-state index in [0.29, 0.717) is 30.9 Å². The van der Waals surface area contributed by atoms with Gasteiger partial charge >= 0.3 is 6.09 Å². The number of carbonyl (C=O) groups is 1. The average Bonchev–Trinajstić information content (AvgIpc) is 3.31. The molecule has 348 valence electrons. The molecule has 1 aliphatic heterocycles. The van der Waals surface area contributed by atoms with Gasteiger partial charge < -0.3 is 34.0 Å². The lowest BCUT2D eigenvalue weighted by Crippen LogP contribution is -2.70. The van der Waals surface area contributed by atoms with Crippen LogP contribution < -0.4 is 9.47 Å². The molecule has 0 unspecified atom stereocenters. The van der Waals surface area contributed by atoms with Gasteiger partial charge in [0, 0.05) is 41.8 Å². The van der Waals surface area contributed by atoms with E-state index in [0.717, 1.165) is 64.7 Å². The van der Waals surface area contributed by atoms with E-state index in [1.165, 1.54) is 4.90 Å². The Labute approximate surface area is 393 Å². The number of alkyl halides is 1. The zero-order valence-electron chi connectivity index (χ0n) is 38.0. The molecule has 1 saturated carbocycles. The molecule has 2 N–H and O–H groups in total. The normalized spacial score (nSPS) is 22.9. The van der Waals surface area contributed by atoms with Crippen molar-refractivity contribution in [1.29, 1.82) is 0 Å². The molecule has 1 amide bonds. The van der Waals surface area contributed by atoms with Crippen molar-refractivity contribution in [3.05, 3.63) is 126 Å². The van der Waals surface area contributed by atoms with Crippen molar-refractivity contribution in [3.8, 4) is 11.5 Å². The lowest BCUT2D eigenvalue weighted by Gasteiger charge is -2.60. The van der Waals surface area contributed by atoms with E-state index in [-0.39, 0.29) is 63.0 Å². The first-order chi connectivity index (χ1) is 31.6. The Bertz CT molecular complexity index is 2260. The number of fused-ring (bicyclic) bond motifs is 3. The molecule has 0 bridgehead atoms. The average molecular weight is 926 g/mol. The van der Waals surface area contributed by atoms with Crippen LogP contribution in [0.15, 0.2) is 125 Å². The van der Waals surface area contributed by atoms with Crippen molar-refractivity contribution in [2.45, 2.75) is 101 Å². The summed E-state index contributed by atoms with van der Waals surface area (Å²) >= 11 is 7.93. The monoisotopic (exact) mass is 924 g/mol. The summed E-state index contributed by atoms with van der Waals surface area (Å²) in [5, 5.41) is 27.1. The summed E-state index contributed by atoms with van der Waals surface area (Å²) in [5.74, 6) is 0.298. The fourth-order valence-electron chi connectivity index (χ4n) is 9.89. The van der Waals surface area contributed by atoms with Crippen molar-refractivity contribution in [2.24, 2.45) is 22.9 Å². The van der Waals surface area contributed by atoms with E-state index in [1.54, 1.807) is 22.7 Å². The van der Waals surface area contributed by atoms with Crippen LogP contribution in [0.2, 0.25) is 0 Å². The predicted molar refractivity (Wildman–Crippen MR) is 260 cm³/mol. The number of benzene rings is 4. The SMILES string of the molecule is C=CCO[C@@]12Oc3ccc(OCCSc4ccccc4)cc3[C@H]3[C@H](CCCCO)[C@@H](CCCCO)C=C(C(=NOC(C)(C)C)C[C@@H]1N(Cc1cccc4ccccc14)C(=O)OCCCl)[C@H]32. The van der Waals surface area contributed by atoms with Gasteiger partial charge in [0.05, 0.1) is 37.3 Å². The molecule has 3 aliphatic rings. The molecule has 65 heavy (non-hydrogen) atoms. The molecular weight excluding hydrogens is 860 g/mol. The Morgan fingerprint density at radius 2 is 1.72 bits per heavy atom. The minimum atomic E-state index is -1.46. The standard InChI is InChI=1S/C53H65ClN2O8S/c1-5-29-62-53-48(56(51(59)61-30-26-54)36-39-19-15-18-37-16-9-10-22-42(37)39)35-46(55-64-52(2,3)4)44-33-38(17-11-13-27-57)43(23-12-14-28-58)49(50(44)53)45-34-40(24-25-47(45)63-53)60-31-32-65-41-20-7-6-8-21-41/h5-10,15-16,18-22,24-25,33-34,38,43,48-50,57-58H,1,11-14,17,23,26-32,35-36H2,2-4H3/t38-,43+,48-,49+,50+,53+/m0/s1. The van der Waals surface area contributed by atoms with Crippen molar-refractivity contribution >= 4 is 45.9 Å². The van der Waals surface area contributed by atoms with Gasteiger partial charge in [0.25, 0.3) is 0 Å². The van der Waals surface area contributed by atoms with E-state index < -0.39 is 29.4 Å². The highest BCUT2D eigenvalue weighted by Gasteiger charge is 2.65. The fraction of sp³-hybridized carbons (Fsp3) is 0.472. The molecule has 0 spiro atoms. The van der Waals surface area contributed by atoms with Gasteiger partial charge in [-0.15, -0.1) is 29.9 Å².